The number of piperazine rings is 1. The highest BCUT2D eigenvalue weighted by atomic mass is 16.5. The van der Waals surface area contributed by atoms with Crippen LogP contribution in [0, 0.1) is 5.92 Å². The zero-order valence-electron chi connectivity index (χ0n) is 13.2. The van der Waals surface area contributed by atoms with Crippen LogP contribution in [0.4, 0.5) is 0 Å². The summed E-state index contributed by atoms with van der Waals surface area (Å²) in [6.07, 6.45) is 5.78. The SMILES string of the molecule is CC1CC(CN)(N2CCN(CC3CC3)CC2)CC(C)O1. The summed E-state index contributed by atoms with van der Waals surface area (Å²) in [5.41, 5.74) is 6.39. The Balaban J connectivity index is 1.58. The predicted molar refractivity (Wildman–Crippen MR) is 81.8 cm³/mol. The first kappa shape index (κ1) is 14.8. The van der Waals surface area contributed by atoms with E-state index in [9.17, 15) is 0 Å². The first-order chi connectivity index (χ1) is 9.61. The molecule has 0 radical (unpaired) electrons. The Kier molecular flexibility index (Phi) is 4.37. The van der Waals surface area contributed by atoms with Crippen LogP contribution in [0.5, 0.6) is 0 Å². The van der Waals surface area contributed by atoms with Gasteiger partial charge in [-0.25, -0.2) is 0 Å². The van der Waals surface area contributed by atoms with Crippen molar-refractivity contribution in [3.8, 4) is 0 Å². The molecule has 2 N–H and O–H groups in total. The van der Waals surface area contributed by atoms with Gasteiger partial charge in [-0.3, -0.25) is 4.90 Å². The third-order valence-corrected chi connectivity index (χ3v) is 5.44. The van der Waals surface area contributed by atoms with Gasteiger partial charge in [-0.05, 0) is 45.4 Å². The van der Waals surface area contributed by atoms with Crippen molar-refractivity contribution in [2.24, 2.45) is 11.7 Å². The molecule has 2 heterocycles. The fourth-order valence-corrected chi connectivity index (χ4v) is 4.27. The molecule has 0 spiro atoms. The largest absolute Gasteiger partial charge is 0.375 e. The molecule has 0 aromatic carbocycles. The zero-order valence-corrected chi connectivity index (χ0v) is 13.2. The highest BCUT2D eigenvalue weighted by molar-refractivity contribution is 4.99. The van der Waals surface area contributed by atoms with Gasteiger partial charge in [-0.15, -0.1) is 0 Å². The maximum atomic E-state index is 6.21. The van der Waals surface area contributed by atoms with Crippen LogP contribution in [-0.2, 0) is 4.74 Å². The molecule has 4 heteroatoms. The number of nitrogens with zero attached hydrogens (tertiary/aromatic N) is 2. The first-order valence-electron chi connectivity index (χ1n) is 8.44. The molecule has 3 fully saturated rings. The smallest absolute Gasteiger partial charge is 0.0568 e. The molecular formula is C16H31N3O. The lowest BCUT2D eigenvalue weighted by molar-refractivity contribution is -0.111. The molecular weight excluding hydrogens is 250 g/mol. The molecule has 0 bridgehead atoms. The molecule has 2 unspecified atom stereocenters. The van der Waals surface area contributed by atoms with Crippen molar-refractivity contribution in [3.63, 3.8) is 0 Å². The Morgan fingerprint density at radius 1 is 1.05 bits per heavy atom. The summed E-state index contributed by atoms with van der Waals surface area (Å²) in [5, 5.41) is 0. The summed E-state index contributed by atoms with van der Waals surface area (Å²) in [6, 6.07) is 0. The maximum absolute atomic E-state index is 6.21. The summed E-state index contributed by atoms with van der Waals surface area (Å²) in [4.78, 5) is 5.33. The van der Waals surface area contributed by atoms with E-state index < -0.39 is 0 Å². The number of rotatable bonds is 4. The topological polar surface area (TPSA) is 41.7 Å². The Morgan fingerprint density at radius 2 is 1.65 bits per heavy atom. The van der Waals surface area contributed by atoms with Crippen LogP contribution in [-0.4, -0.2) is 66.8 Å². The van der Waals surface area contributed by atoms with Crippen LogP contribution in [0.25, 0.3) is 0 Å². The Morgan fingerprint density at radius 3 is 2.15 bits per heavy atom. The molecule has 3 aliphatic rings. The molecule has 0 amide bonds. The fourth-order valence-electron chi connectivity index (χ4n) is 4.27. The summed E-state index contributed by atoms with van der Waals surface area (Å²) < 4.78 is 5.92. The van der Waals surface area contributed by atoms with E-state index >= 15 is 0 Å². The molecule has 3 rings (SSSR count). The van der Waals surface area contributed by atoms with Gasteiger partial charge >= 0.3 is 0 Å². The van der Waals surface area contributed by atoms with E-state index in [-0.39, 0.29) is 5.54 Å². The average Bonchev–Trinajstić information content (AvgIpc) is 3.22. The highest BCUT2D eigenvalue weighted by Crippen LogP contribution is 2.35. The second-order valence-electron chi connectivity index (χ2n) is 7.33. The minimum atomic E-state index is 0.183. The molecule has 4 nitrogen and oxygen atoms in total. The van der Waals surface area contributed by atoms with E-state index in [1.54, 1.807) is 0 Å². The summed E-state index contributed by atoms with van der Waals surface area (Å²) >= 11 is 0. The first-order valence-corrected chi connectivity index (χ1v) is 8.44. The van der Waals surface area contributed by atoms with Crippen LogP contribution >= 0.6 is 0 Å². The second-order valence-corrected chi connectivity index (χ2v) is 7.33. The van der Waals surface area contributed by atoms with Crippen LogP contribution in [0.1, 0.15) is 39.5 Å². The van der Waals surface area contributed by atoms with Gasteiger partial charge in [0.15, 0.2) is 0 Å². The van der Waals surface area contributed by atoms with Gasteiger partial charge < -0.3 is 15.4 Å². The minimum Gasteiger partial charge on any atom is -0.375 e. The Labute approximate surface area is 123 Å². The molecule has 1 saturated carbocycles. The standard InChI is InChI=1S/C16H31N3O/c1-13-9-16(12-17,10-14(2)20-13)19-7-5-18(6-8-19)11-15-3-4-15/h13-15H,3-12,17H2,1-2H3. The van der Waals surface area contributed by atoms with E-state index in [4.69, 9.17) is 10.5 Å². The monoisotopic (exact) mass is 281 g/mol. The number of hydrogen-bond donors (Lipinski definition) is 1. The molecule has 0 aromatic rings. The molecule has 2 atom stereocenters. The normalized spacial score (nSPS) is 41.0. The van der Waals surface area contributed by atoms with Crippen LogP contribution in [0.3, 0.4) is 0 Å². The minimum absolute atomic E-state index is 0.183. The maximum Gasteiger partial charge on any atom is 0.0568 e. The molecule has 0 aromatic heterocycles. The fraction of sp³-hybridized carbons (Fsp3) is 1.00. The van der Waals surface area contributed by atoms with E-state index in [1.165, 1.54) is 45.6 Å². The van der Waals surface area contributed by atoms with Crippen molar-refractivity contribution < 1.29 is 4.74 Å². The third-order valence-electron chi connectivity index (χ3n) is 5.44. The van der Waals surface area contributed by atoms with E-state index in [1.807, 2.05) is 0 Å². The molecule has 1 aliphatic carbocycles. The summed E-state index contributed by atoms with van der Waals surface area (Å²) in [6.45, 7) is 11.3. The van der Waals surface area contributed by atoms with Crippen molar-refractivity contribution in [1.29, 1.82) is 0 Å². The third kappa shape index (κ3) is 3.19. The van der Waals surface area contributed by atoms with Crippen molar-refractivity contribution in [3.05, 3.63) is 0 Å². The van der Waals surface area contributed by atoms with Crippen LogP contribution in [0.15, 0.2) is 0 Å². The van der Waals surface area contributed by atoms with Gasteiger partial charge in [0, 0.05) is 44.8 Å². The van der Waals surface area contributed by atoms with Gasteiger partial charge in [0.2, 0.25) is 0 Å². The molecule has 2 aliphatic heterocycles. The molecule has 116 valence electrons. The average molecular weight is 281 g/mol. The number of hydrogen-bond acceptors (Lipinski definition) is 4. The van der Waals surface area contributed by atoms with Crippen molar-refractivity contribution >= 4 is 0 Å². The van der Waals surface area contributed by atoms with Gasteiger partial charge in [0.25, 0.3) is 0 Å². The Hall–Kier alpha value is -0.160. The number of nitrogens with two attached hydrogens (primary N) is 1. The predicted octanol–water partition coefficient (Wildman–Crippen LogP) is 1.30. The van der Waals surface area contributed by atoms with E-state index in [0.717, 1.165) is 25.3 Å². The lowest BCUT2D eigenvalue weighted by Crippen LogP contribution is -2.64. The highest BCUT2D eigenvalue weighted by Gasteiger charge is 2.43. The van der Waals surface area contributed by atoms with Gasteiger partial charge in [-0.1, -0.05) is 0 Å². The lowest BCUT2D eigenvalue weighted by Gasteiger charge is -2.52. The van der Waals surface area contributed by atoms with Crippen LogP contribution < -0.4 is 5.73 Å². The van der Waals surface area contributed by atoms with Crippen molar-refractivity contribution in [1.82, 2.24) is 9.80 Å². The van der Waals surface area contributed by atoms with E-state index in [2.05, 4.69) is 23.6 Å². The van der Waals surface area contributed by atoms with Crippen molar-refractivity contribution in [2.75, 3.05) is 39.3 Å². The second kappa shape index (κ2) is 5.91. The number of ether oxygens (including phenoxy) is 1. The quantitative estimate of drug-likeness (QED) is 0.843. The van der Waals surface area contributed by atoms with Gasteiger partial charge in [0.05, 0.1) is 12.2 Å². The summed E-state index contributed by atoms with van der Waals surface area (Å²) in [7, 11) is 0. The molecule has 2 saturated heterocycles. The van der Waals surface area contributed by atoms with E-state index in [0.29, 0.717) is 12.2 Å². The van der Waals surface area contributed by atoms with Crippen LogP contribution in [0.2, 0.25) is 0 Å². The Bertz CT molecular complexity index is 314. The van der Waals surface area contributed by atoms with Gasteiger partial charge in [0.1, 0.15) is 0 Å². The summed E-state index contributed by atoms with van der Waals surface area (Å²) in [5.74, 6) is 1.01. The lowest BCUT2D eigenvalue weighted by atomic mass is 9.82. The van der Waals surface area contributed by atoms with Crippen molar-refractivity contribution in [2.45, 2.75) is 57.3 Å². The molecule has 20 heavy (non-hydrogen) atoms. The van der Waals surface area contributed by atoms with Gasteiger partial charge in [-0.2, -0.15) is 0 Å². The zero-order chi connectivity index (χ0) is 14.2.